The Kier molecular flexibility index (Phi) is 6.18. The van der Waals surface area contributed by atoms with Crippen molar-refractivity contribution in [2.45, 2.75) is 33.2 Å². The number of pyridine rings is 1. The average Bonchev–Trinajstić information content (AvgIpc) is 2.59. The van der Waals surface area contributed by atoms with Crippen molar-refractivity contribution in [3.8, 4) is 5.75 Å². The van der Waals surface area contributed by atoms with Crippen molar-refractivity contribution in [3.63, 3.8) is 0 Å². The number of hydrogen-bond acceptors (Lipinski definition) is 3. The van der Waals surface area contributed by atoms with E-state index in [2.05, 4.69) is 17.2 Å². The predicted octanol–water partition coefficient (Wildman–Crippen LogP) is 4.40. The number of nitrogens with zero attached hydrogens (tertiary/aromatic N) is 2. The van der Waals surface area contributed by atoms with E-state index < -0.39 is 0 Å². The normalized spacial score (nSPS) is 11.7. The number of benzene rings is 1. The second-order valence-electron chi connectivity index (χ2n) is 5.66. The molecule has 1 aromatic carbocycles. The number of amides is 2. The SMILES string of the molecule is CCOc1cc(NC(=O)N(C)[C@@H](CC)c2ccncc2)ccc1C. The summed E-state index contributed by atoms with van der Waals surface area (Å²) in [7, 11) is 1.81. The fourth-order valence-electron chi connectivity index (χ4n) is 2.66. The van der Waals surface area contributed by atoms with Crippen LogP contribution in [0.1, 0.15) is 37.4 Å². The molecule has 1 N–H and O–H groups in total. The van der Waals surface area contributed by atoms with Crippen LogP contribution in [0.15, 0.2) is 42.7 Å². The van der Waals surface area contributed by atoms with Crippen LogP contribution in [0.25, 0.3) is 0 Å². The first-order valence-electron chi connectivity index (χ1n) is 8.24. The molecule has 1 aromatic heterocycles. The Morgan fingerprint density at radius 3 is 2.58 bits per heavy atom. The number of aromatic nitrogens is 1. The molecule has 0 aliphatic heterocycles. The molecule has 0 aliphatic rings. The number of rotatable bonds is 6. The Labute approximate surface area is 143 Å². The summed E-state index contributed by atoms with van der Waals surface area (Å²) in [6, 6.07) is 9.43. The van der Waals surface area contributed by atoms with Crippen LogP contribution in [0.4, 0.5) is 10.5 Å². The summed E-state index contributed by atoms with van der Waals surface area (Å²) in [6.07, 6.45) is 4.32. The van der Waals surface area contributed by atoms with Crippen LogP contribution in [-0.2, 0) is 0 Å². The van der Waals surface area contributed by atoms with Gasteiger partial charge in [-0.25, -0.2) is 4.79 Å². The molecule has 5 nitrogen and oxygen atoms in total. The van der Waals surface area contributed by atoms with Gasteiger partial charge >= 0.3 is 6.03 Å². The zero-order valence-corrected chi connectivity index (χ0v) is 14.7. The Morgan fingerprint density at radius 2 is 1.96 bits per heavy atom. The van der Waals surface area contributed by atoms with Crippen molar-refractivity contribution in [2.24, 2.45) is 0 Å². The smallest absolute Gasteiger partial charge is 0.322 e. The fraction of sp³-hybridized carbons (Fsp3) is 0.368. The molecule has 2 rings (SSSR count). The Morgan fingerprint density at radius 1 is 1.25 bits per heavy atom. The van der Waals surface area contributed by atoms with Gasteiger partial charge in [-0.3, -0.25) is 4.98 Å². The minimum absolute atomic E-state index is 0.00445. The molecule has 1 heterocycles. The average molecular weight is 327 g/mol. The van der Waals surface area contributed by atoms with Gasteiger partial charge in [-0.15, -0.1) is 0 Å². The quantitative estimate of drug-likeness (QED) is 0.855. The first kappa shape index (κ1) is 17.8. The Bertz CT molecular complexity index is 674. The maximum atomic E-state index is 12.6. The molecular weight excluding hydrogens is 302 g/mol. The summed E-state index contributed by atoms with van der Waals surface area (Å²) in [4.78, 5) is 18.4. The largest absolute Gasteiger partial charge is 0.494 e. The summed E-state index contributed by atoms with van der Waals surface area (Å²) in [5.74, 6) is 0.791. The van der Waals surface area contributed by atoms with Crippen molar-refractivity contribution in [1.82, 2.24) is 9.88 Å². The number of aryl methyl sites for hydroxylation is 1. The van der Waals surface area contributed by atoms with Gasteiger partial charge in [0.15, 0.2) is 0 Å². The maximum absolute atomic E-state index is 12.6. The van der Waals surface area contributed by atoms with Gasteiger partial charge in [0.25, 0.3) is 0 Å². The molecule has 2 aromatic rings. The van der Waals surface area contributed by atoms with Crippen molar-refractivity contribution in [1.29, 1.82) is 0 Å². The highest BCUT2D eigenvalue weighted by molar-refractivity contribution is 5.89. The first-order chi connectivity index (χ1) is 11.6. The van der Waals surface area contributed by atoms with Crippen LogP contribution in [0.3, 0.4) is 0 Å². The summed E-state index contributed by atoms with van der Waals surface area (Å²) in [5, 5.41) is 2.94. The molecule has 0 saturated carbocycles. The van der Waals surface area contributed by atoms with Gasteiger partial charge in [-0.1, -0.05) is 13.0 Å². The van der Waals surface area contributed by atoms with E-state index in [0.717, 1.165) is 29.0 Å². The molecule has 0 unspecified atom stereocenters. The molecule has 0 saturated heterocycles. The number of carbonyl (C=O) groups excluding carboxylic acids is 1. The third kappa shape index (κ3) is 4.25. The lowest BCUT2D eigenvalue weighted by Gasteiger charge is -2.28. The lowest BCUT2D eigenvalue weighted by molar-refractivity contribution is 0.202. The number of ether oxygens (including phenoxy) is 1. The first-order valence-corrected chi connectivity index (χ1v) is 8.24. The predicted molar refractivity (Wildman–Crippen MR) is 96.4 cm³/mol. The van der Waals surface area contributed by atoms with Gasteiger partial charge < -0.3 is 15.0 Å². The van der Waals surface area contributed by atoms with E-state index in [0.29, 0.717) is 6.61 Å². The lowest BCUT2D eigenvalue weighted by Crippen LogP contribution is -2.34. The highest BCUT2D eigenvalue weighted by atomic mass is 16.5. The minimum atomic E-state index is -0.148. The van der Waals surface area contributed by atoms with Crippen LogP contribution < -0.4 is 10.1 Å². The van der Waals surface area contributed by atoms with E-state index in [4.69, 9.17) is 4.74 Å². The van der Waals surface area contributed by atoms with E-state index in [9.17, 15) is 4.79 Å². The maximum Gasteiger partial charge on any atom is 0.322 e. The number of nitrogens with one attached hydrogen (secondary N) is 1. The second-order valence-corrected chi connectivity index (χ2v) is 5.66. The monoisotopic (exact) mass is 327 g/mol. The van der Waals surface area contributed by atoms with Gasteiger partial charge in [0, 0.05) is 31.2 Å². The van der Waals surface area contributed by atoms with E-state index in [1.165, 1.54) is 0 Å². The number of hydrogen-bond donors (Lipinski definition) is 1. The minimum Gasteiger partial charge on any atom is -0.494 e. The standard InChI is InChI=1S/C19H25N3O2/c1-5-17(15-9-11-20-12-10-15)22(4)19(23)21-16-8-7-14(3)18(13-16)24-6-2/h7-13,17H,5-6H2,1-4H3,(H,21,23)/t17-/m0/s1. The third-order valence-electron chi connectivity index (χ3n) is 4.00. The van der Waals surface area contributed by atoms with Crippen molar-refractivity contribution < 1.29 is 9.53 Å². The topological polar surface area (TPSA) is 54.5 Å². The molecule has 128 valence electrons. The second kappa shape index (κ2) is 8.34. The molecular formula is C19H25N3O2. The molecule has 2 amide bonds. The molecule has 0 fully saturated rings. The van der Waals surface area contributed by atoms with Crippen molar-refractivity contribution in [2.75, 3.05) is 19.0 Å². The van der Waals surface area contributed by atoms with E-state index in [-0.39, 0.29) is 12.1 Å². The van der Waals surface area contributed by atoms with E-state index in [1.807, 2.05) is 51.2 Å². The summed E-state index contributed by atoms with van der Waals surface area (Å²) in [5.41, 5.74) is 2.85. The van der Waals surface area contributed by atoms with Gasteiger partial charge in [-0.05, 0) is 49.6 Å². The van der Waals surface area contributed by atoms with Gasteiger partial charge in [-0.2, -0.15) is 0 Å². The summed E-state index contributed by atoms with van der Waals surface area (Å²) >= 11 is 0. The molecule has 0 bridgehead atoms. The molecule has 0 radical (unpaired) electrons. The molecule has 24 heavy (non-hydrogen) atoms. The lowest BCUT2D eigenvalue weighted by atomic mass is 10.1. The Hall–Kier alpha value is -2.56. The molecule has 0 spiro atoms. The number of carbonyl (C=O) groups is 1. The van der Waals surface area contributed by atoms with E-state index >= 15 is 0 Å². The Balaban J connectivity index is 2.12. The van der Waals surface area contributed by atoms with Crippen LogP contribution in [0.2, 0.25) is 0 Å². The molecule has 1 atom stereocenters. The highest BCUT2D eigenvalue weighted by Crippen LogP contribution is 2.25. The van der Waals surface area contributed by atoms with Crippen molar-refractivity contribution >= 4 is 11.7 Å². The number of anilines is 1. The van der Waals surface area contributed by atoms with Crippen LogP contribution >= 0.6 is 0 Å². The zero-order chi connectivity index (χ0) is 17.5. The molecule has 0 aliphatic carbocycles. The zero-order valence-electron chi connectivity index (χ0n) is 14.7. The van der Waals surface area contributed by atoms with Gasteiger partial charge in [0.2, 0.25) is 0 Å². The van der Waals surface area contributed by atoms with Crippen LogP contribution in [0, 0.1) is 6.92 Å². The van der Waals surface area contributed by atoms with Crippen LogP contribution in [-0.4, -0.2) is 29.6 Å². The third-order valence-corrected chi connectivity index (χ3v) is 4.00. The van der Waals surface area contributed by atoms with Crippen molar-refractivity contribution in [3.05, 3.63) is 53.9 Å². The summed E-state index contributed by atoms with van der Waals surface area (Å²) < 4.78 is 5.59. The van der Waals surface area contributed by atoms with E-state index in [1.54, 1.807) is 17.3 Å². The van der Waals surface area contributed by atoms with Gasteiger partial charge in [0.1, 0.15) is 5.75 Å². The van der Waals surface area contributed by atoms with Gasteiger partial charge in [0.05, 0.1) is 12.6 Å². The summed E-state index contributed by atoms with van der Waals surface area (Å²) in [6.45, 7) is 6.59. The number of urea groups is 1. The van der Waals surface area contributed by atoms with Crippen LogP contribution in [0.5, 0.6) is 5.75 Å². The fourth-order valence-corrected chi connectivity index (χ4v) is 2.66. The molecule has 5 heteroatoms. The highest BCUT2D eigenvalue weighted by Gasteiger charge is 2.20.